The highest BCUT2D eigenvalue weighted by atomic mass is 32.2. The van der Waals surface area contributed by atoms with E-state index in [9.17, 15) is 13.2 Å². The molecule has 0 unspecified atom stereocenters. The van der Waals surface area contributed by atoms with Crippen LogP contribution in [0.25, 0.3) is 22.2 Å². The number of likely N-dealkylation sites (N-methyl/N-ethyl adjacent to an activating group) is 2. The van der Waals surface area contributed by atoms with Gasteiger partial charge in [-0.05, 0) is 87.2 Å². The number of nitrogens with zero attached hydrogens (tertiary/aromatic N) is 3. The monoisotopic (exact) mass is 596 g/mol. The lowest BCUT2D eigenvalue weighted by Crippen LogP contribution is -2.42. The van der Waals surface area contributed by atoms with E-state index in [4.69, 9.17) is 9.47 Å². The Balaban J connectivity index is 1.45. The number of carbonyl (C=O) groups excluding carboxylic acids is 1. The van der Waals surface area contributed by atoms with E-state index >= 15 is 0 Å². The molecular formula is C32H44N4O5S. The lowest BCUT2D eigenvalue weighted by atomic mass is 9.81. The fourth-order valence-corrected chi connectivity index (χ4v) is 7.15. The number of carbonyl (C=O) groups is 1. The number of methoxy groups -OCH3 is 1. The molecule has 9 nitrogen and oxygen atoms in total. The average Bonchev–Trinajstić information content (AvgIpc) is 3.17. The van der Waals surface area contributed by atoms with Crippen molar-refractivity contribution in [1.29, 1.82) is 0 Å². The van der Waals surface area contributed by atoms with Gasteiger partial charge in [-0.3, -0.25) is 4.79 Å². The largest absolute Gasteiger partial charge is 0.497 e. The zero-order chi connectivity index (χ0) is 29.9. The molecule has 0 bridgehead atoms. The molecule has 0 atom stereocenters. The molecule has 0 saturated heterocycles. The summed E-state index contributed by atoms with van der Waals surface area (Å²) in [6.07, 6.45) is 7.94. The first-order chi connectivity index (χ1) is 20.2. The Bertz CT molecular complexity index is 1530. The zero-order valence-electron chi connectivity index (χ0n) is 25.3. The summed E-state index contributed by atoms with van der Waals surface area (Å²) in [5.74, 6) is 0.688. The molecule has 228 valence electrons. The summed E-state index contributed by atoms with van der Waals surface area (Å²) >= 11 is 0. The molecular weight excluding hydrogens is 552 g/mol. The van der Waals surface area contributed by atoms with E-state index in [0.717, 1.165) is 59.7 Å². The van der Waals surface area contributed by atoms with Crippen LogP contribution in [-0.2, 0) is 27.9 Å². The van der Waals surface area contributed by atoms with Crippen LogP contribution in [0.15, 0.2) is 36.4 Å². The third kappa shape index (κ3) is 6.51. The number of hydrogen-bond donors (Lipinski definition) is 1. The summed E-state index contributed by atoms with van der Waals surface area (Å²) in [6.45, 7) is 2.49. The van der Waals surface area contributed by atoms with Crippen molar-refractivity contribution in [1.82, 2.24) is 18.5 Å². The Morgan fingerprint density at radius 3 is 2.50 bits per heavy atom. The molecule has 0 radical (unpaired) electrons. The molecule has 2 aliphatic rings. The van der Waals surface area contributed by atoms with E-state index in [0.29, 0.717) is 18.1 Å². The Hall–Kier alpha value is -2.92. The summed E-state index contributed by atoms with van der Waals surface area (Å²) in [5, 5.41) is 1.16. The minimum Gasteiger partial charge on any atom is -0.497 e. The van der Waals surface area contributed by atoms with Crippen LogP contribution in [0.2, 0.25) is 0 Å². The van der Waals surface area contributed by atoms with E-state index in [-0.39, 0.29) is 13.2 Å². The van der Waals surface area contributed by atoms with E-state index in [1.807, 2.05) is 37.2 Å². The van der Waals surface area contributed by atoms with Crippen LogP contribution in [0, 0.1) is 0 Å². The third-order valence-corrected chi connectivity index (χ3v) is 10.1. The quantitative estimate of drug-likeness (QED) is 0.320. The topological polar surface area (TPSA) is 93.1 Å². The number of ether oxygens (including phenoxy) is 2. The maximum absolute atomic E-state index is 13.3. The van der Waals surface area contributed by atoms with Crippen molar-refractivity contribution in [3.63, 3.8) is 0 Å². The number of benzene rings is 2. The van der Waals surface area contributed by atoms with Crippen molar-refractivity contribution in [3.05, 3.63) is 53.1 Å². The summed E-state index contributed by atoms with van der Waals surface area (Å²) < 4.78 is 42.7. The minimum absolute atomic E-state index is 0.149. The summed E-state index contributed by atoms with van der Waals surface area (Å²) in [5.41, 5.74) is 6.44. The Morgan fingerprint density at radius 1 is 1.00 bits per heavy atom. The van der Waals surface area contributed by atoms with Gasteiger partial charge in [0, 0.05) is 48.7 Å². The molecule has 1 aromatic heterocycles. The average molecular weight is 597 g/mol. The number of fused-ring (bicyclic) bond motifs is 5. The molecule has 1 amide bonds. The van der Waals surface area contributed by atoms with Crippen molar-refractivity contribution >= 4 is 27.0 Å². The highest BCUT2D eigenvalue weighted by Crippen LogP contribution is 2.46. The van der Waals surface area contributed by atoms with E-state index in [1.54, 1.807) is 13.2 Å². The highest BCUT2D eigenvalue weighted by Gasteiger charge is 2.30. The van der Waals surface area contributed by atoms with Gasteiger partial charge in [0.1, 0.15) is 5.75 Å². The van der Waals surface area contributed by atoms with Crippen molar-refractivity contribution < 1.29 is 22.7 Å². The first-order valence-electron chi connectivity index (χ1n) is 15.0. The molecule has 1 N–H and O–H groups in total. The van der Waals surface area contributed by atoms with Crippen LogP contribution in [0.1, 0.15) is 65.9 Å². The molecule has 0 spiro atoms. The number of nitrogens with one attached hydrogen (secondary N) is 1. The summed E-state index contributed by atoms with van der Waals surface area (Å²) in [6, 6.07) is 12.0. The predicted octanol–water partition coefficient (Wildman–Crippen LogP) is 4.80. The van der Waals surface area contributed by atoms with Crippen LogP contribution in [0.3, 0.4) is 0 Å². The SMILES string of the molecule is COc1ccc2c(c1)CCCn1c-2c(C2CCCCC2)c2ccc(C(=O)NS(=O)(=O)N(C)CCOCCN(C)C)cc21. The van der Waals surface area contributed by atoms with Crippen molar-refractivity contribution in [2.24, 2.45) is 0 Å². The van der Waals surface area contributed by atoms with Crippen LogP contribution < -0.4 is 9.46 Å². The second-order valence-electron chi connectivity index (χ2n) is 11.8. The molecule has 5 rings (SSSR count). The normalized spacial score (nSPS) is 16.0. The van der Waals surface area contributed by atoms with Gasteiger partial charge in [0.2, 0.25) is 0 Å². The third-order valence-electron chi connectivity index (χ3n) is 8.64. The van der Waals surface area contributed by atoms with Gasteiger partial charge in [0.05, 0.1) is 26.0 Å². The van der Waals surface area contributed by atoms with Crippen molar-refractivity contribution in [2.45, 2.75) is 57.4 Å². The van der Waals surface area contributed by atoms with Crippen LogP contribution >= 0.6 is 0 Å². The standard InChI is InChI=1S/C32H44N4O5S/c1-34(2)17-19-41-20-18-35(3)42(38,39)33-32(37)25-12-14-28-29(22-25)36-16-8-11-24-21-26(40-4)13-15-27(24)31(36)30(28)23-9-6-5-7-10-23/h12-15,21-23H,5-11,16-20H2,1-4H3,(H,33,37). The molecule has 1 aliphatic heterocycles. The molecule has 2 heterocycles. The zero-order valence-corrected chi connectivity index (χ0v) is 26.1. The first-order valence-corrected chi connectivity index (χ1v) is 16.5. The van der Waals surface area contributed by atoms with E-state index in [2.05, 4.69) is 21.4 Å². The number of rotatable bonds is 11. The fraction of sp³-hybridized carbons (Fsp3) is 0.531. The van der Waals surface area contributed by atoms with Gasteiger partial charge < -0.3 is 18.9 Å². The predicted molar refractivity (Wildman–Crippen MR) is 166 cm³/mol. The lowest BCUT2D eigenvalue weighted by Gasteiger charge is -2.24. The molecule has 1 saturated carbocycles. The van der Waals surface area contributed by atoms with Crippen LogP contribution in [0.5, 0.6) is 5.75 Å². The van der Waals surface area contributed by atoms with Gasteiger partial charge in [-0.2, -0.15) is 12.7 Å². The number of aromatic nitrogens is 1. The smallest absolute Gasteiger partial charge is 0.303 e. The molecule has 1 fully saturated rings. The number of aryl methyl sites for hydroxylation is 2. The van der Waals surface area contributed by atoms with Crippen LogP contribution in [-0.4, -0.2) is 82.7 Å². The Morgan fingerprint density at radius 2 is 1.76 bits per heavy atom. The van der Waals surface area contributed by atoms with Crippen molar-refractivity contribution in [3.8, 4) is 17.0 Å². The van der Waals surface area contributed by atoms with Gasteiger partial charge in [0.15, 0.2) is 0 Å². The Kier molecular flexibility index (Phi) is 9.57. The van der Waals surface area contributed by atoms with Gasteiger partial charge in [-0.25, -0.2) is 4.72 Å². The van der Waals surface area contributed by atoms with Gasteiger partial charge in [-0.15, -0.1) is 0 Å². The summed E-state index contributed by atoms with van der Waals surface area (Å²) in [7, 11) is 3.03. The molecule has 3 aromatic rings. The summed E-state index contributed by atoms with van der Waals surface area (Å²) in [4.78, 5) is 15.3. The highest BCUT2D eigenvalue weighted by molar-refractivity contribution is 7.87. The maximum atomic E-state index is 13.3. The molecule has 1 aliphatic carbocycles. The van der Waals surface area contributed by atoms with E-state index < -0.39 is 16.1 Å². The lowest BCUT2D eigenvalue weighted by molar-refractivity contribution is 0.0974. The fourth-order valence-electron chi connectivity index (χ4n) is 6.32. The second kappa shape index (κ2) is 13.2. The maximum Gasteiger partial charge on any atom is 0.303 e. The number of amides is 1. The Labute approximate surface area is 250 Å². The van der Waals surface area contributed by atoms with Crippen molar-refractivity contribution in [2.75, 3.05) is 54.6 Å². The van der Waals surface area contributed by atoms with Crippen LogP contribution in [0.4, 0.5) is 0 Å². The van der Waals surface area contributed by atoms with Gasteiger partial charge in [-0.1, -0.05) is 25.3 Å². The molecule has 10 heteroatoms. The first kappa shape index (κ1) is 30.5. The molecule has 2 aromatic carbocycles. The number of hydrogen-bond acceptors (Lipinski definition) is 6. The van der Waals surface area contributed by atoms with Gasteiger partial charge >= 0.3 is 10.2 Å². The molecule has 42 heavy (non-hydrogen) atoms. The van der Waals surface area contributed by atoms with Gasteiger partial charge in [0.25, 0.3) is 5.91 Å². The minimum atomic E-state index is -4.02. The second-order valence-corrected chi connectivity index (χ2v) is 13.6. The van der Waals surface area contributed by atoms with E-state index in [1.165, 1.54) is 48.7 Å².